The zero-order valence-corrected chi connectivity index (χ0v) is 6.17. The molecule has 0 spiro atoms. The van der Waals surface area contributed by atoms with Crippen LogP contribution in [0.3, 0.4) is 0 Å². The summed E-state index contributed by atoms with van der Waals surface area (Å²) in [6.45, 7) is 0.851. The normalized spacial score (nSPS) is 18.0. The van der Waals surface area contributed by atoms with Gasteiger partial charge in [-0.05, 0) is 0 Å². The van der Waals surface area contributed by atoms with Gasteiger partial charge in [-0.1, -0.05) is 11.8 Å². The van der Waals surface area contributed by atoms with Crippen LogP contribution in [0.4, 0.5) is 4.79 Å². The van der Waals surface area contributed by atoms with E-state index in [-0.39, 0.29) is 15.1 Å². The molecule has 1 aliphatic rings. The minimum Gasteiger partial charge on any atom is -0.346 e. The van der Waals surface area contributed by atoms with E-state index in [0.29, 0.717) is 0 Å². The maximum atomic E-state index is 10.1. The van der Waals surface area contributed by atoms with Gasteiger partial charge in [0.05, 0.1) is 0 Å². The lowest BCUT2D eigenvalue weighted by Crippen LogP contribution is -2.10. The van der Waals surface area contributed by atoms with Gasteiger partial charge in [0.15, 0.2) is 0 Å². The second-order valence-corrected chi connectivity index (χ2v) is 2.13. The average Bonchev–Trinajstić information content (AvgIpc) is 1.86. The van der Waals surface area contributed by atoms with Crippen molar-refractivity contribution in [3.05, 3.63) is 0 Å². The molecule has 1 heterocycles. The third kappa shape index (κ3) is 2.15. The van der Waals surface area contributed by atoms with E-state index in [2.05, 4.69) is 5.32 Å². The van der Waals surface area contributed by atoms with Gasteiger partial charge < -0.3 is 5.32 Å². The number of amides is 1. The largest absolute Gasteiger partial charge is 0.346 e. The topological polar surface area (TPSA) is 29.1 Å². The Balaban J connectivity index is 0.000000360. The molecule has 0 radical (unpaired) electrons. The van der Waals surface area contributed by atoms with Crippen LogP contribution in [0.2, 0.25) is 0 Å². The maximum absolute atomic E-state index is 10.1. The first-order chi connectivity index (χ1) is 2.89. The van der Waals surface area contributed by atoms with E-state index in [0.717, 1.165) is 12.3 Å². The van der Waals surface area contributed by atoms with Crippen molar-refractivity contribution in [3.8, 4) is 0 Å². The first-order valence-electron chi connectivity index (χ1n) is 1.80. The highest BCUT2D eigenvalue weighted by Crippen LogP contribution is 2.04. The van der Waals surface area contributed by atoms with Crippen LogP contribution in [0.1, 0.15) is 0 Å². The minimum atomic E-state index is 0. The molecule has 1 atom stereocenters. The summed E-state index contributed by atoms with van der Waals surface area (Å²) in [7, 11) is 0. The highest BCUT2D eigenvalue weighted by atomic mass is 32.2. The zero-order valence-electron chi connectivity index (χ0n) is 3.94. The monoisotopic (exact) mass is 137 g/mol. The first kappa shape index (κ1) is 7.25. The van der Waals surface area contributed by atoms with Crippen molar-refractivity contribution in [3.63, 3.8) is 0 Å². The fourth-order valence-corrected chi connectivity index (χ4v) is 0.941. The molecule has 1 amide bonds. The van der Waals surface area contributed by atoms with Gasteiger partial charge in [-0.15, -0.1) is 0 Å². The van der Waals surface area contributed by atoms with E-state index in [1.54, 1.807) is 0 Å². The van der Waals surface area contributed by atoms with Crippen LogP contribution in [0, 0.1) is 0 Å². The molecule has 1 aliphatic heterocycles. The van der Waals surface area contributed by atoms with E-state index in [4.69, 9.17) is 0 Å². The Hall–Kier alpha value is 0.250. The highest BCUT2D eigenvalue weighted by Gasteiger charge is 2.06. The van der Waals surface area contributed by atoms with Gasteiger partial charge in [0.1, 0.15) is 0 Å². The van der Waals surface area contributed by atoms with Gasteiger partial charge in [0.25, 0.3) is 5.24 Å². The van der Waals surface area contributed by atoms with Crippen molar-refractivity contribution < 1.29 is 4.79 Å². The van der Waals surface area contributed by atoms with Crippen LogP contribution in [-0.4, -0.2) is 17.5 Å². The molecular formula is C3H8NOPS. The smallest absolute Gasteiger partial charge is 0.279 e. The lowest BCUT2D eigenvalue weighted by Gasteiger charge is -1.78. The number of rotatable bonds is 0. The minimum absolute atomic E-state index is 0. The Labute approximate surface area is 50.0 Å². The summed E-state index contributed by atoms with van der Waals surface area (Å²) in [5.74, 6) is 0.943. The van der Waals surface area contributed by atoms with Crippen LogP contribution >= 0.6 is 21.7 Å². The molecule has 1 unspecified atom stereocenters. The summed E-state index contributed by atoms with van der Waals surface area (Å²) in [5, 5.41) is 2.76. The van der Waals surface area contributed by atoms with E-state index in [1.165, 1.54) is 11.8 Å². The predicted molar refractivity (Wildman–Crippen MR) is 37.0 cm³/mol. The molecular weight excluding hydrogens is 129 g/mol. The van der Waals surface area contributed by atoms with Gasteiger partial charge in [-0.3, -0.25) is 4.79 Å². The lowest BCUT2D eigenvalue weighted by atomic mass is 10.8. The summed E-state index contributed by atoms with van der Waals surface area (Å²) in [4.78, 5) is 10.1. The molecule has 1 rings (SSSR count). The Morgan fingerprint density at radius 3 is 2.57 bits per heavy atom. The second kappa shape index (κ2) is 3.28. The molecule has 0 aromatic carbocycles. The zero-order chi connectivity index (χ0) is 4.41. The Morgan fingerprint density at radius 1 is 1.71 bits per heavy atom. The number of thioether (sulfide) groups is 1. The molecule has 0 saturated carbocycles. The third-order valence-corrected chi connectivity index (χ3v) is 1.42. The summed E-state index contributed by atoms with van der Waals surface area (Å²) in [5.41, 5.74) is 0. The highest BCUT2D eigenvalue weighted by molar-refractivity contribution is 8.13. The van der Waals surface area contributed by atoms with Crippen LogP contribution in [0.15, 0.2) is 0 Å². The summed E-state index contributed by atoms with van der Waals surface area (Å²) in [6, 6.07) is 0. The molecule has 0 aromatic rings. The van der Waals surface area contributed by atoms with Crippen molar-refractivity contribution >= 4 is 26.9 Å². The van der Waals surface area contributed by atoms with Crippen molar-refractivity contribution in [2.75, 3.05) is 12.3 Å². The molecule has 1 saturated heterocycles. The van der Waals surface area contributed by atoms with Crippen molar-refractivity contribution in [2.24, 2.45) is 0 Å². The van der Waals surface area contributed by atoms with Crippen LogP contribution < -0.4 is 5.32 Å². The molecule has 2 nitrogen and oxygen atoms in total. The van der Waals surface area contributed by atoms with Crippen molar-refractivity contribution in [1.82, 2.24) is 5.32 Å². The number of carbonyl (C=O) groups is 1. The average molecular weight is 137 g/mol. The molecule has 1 fully saturated rings. The summed E-state index contributed by atoms with van der Waals surface area (Å²) < 4.78 is 0. The Bertz CT molecular complexity index is 69.3. The van der Waals surface area contributed by atoms with Crippen LogP contribution in [-0.2, 0) is 0 Å². The van der Waals surface area contributed by atoms with Crippen LogP contribution in [0.5, 0.6) is 0 Å². The molecule has 0 aliphatic carbocycles. The second-order valence-electron chi connectivity index (χ2n) is 1.06. The third-order valence-electron chi connectivity index (χ3n) is 0.605. The molecule has 0 bridgehead atoms. The van der Waals surface area contributed by atoms with Gasteiger partial charge in [0, 0.05) is 12.3 Å². The SMILES string of the molecule is O=C1NCCS1.P. The number of carbonyl (C=O) groups excluding carboxylic acids is 1. The molecule has 42 valence electrons. The number of hydrogen-bond acceptors (Lipinski definition) is 2. The maximum Gasteiger partial charge on any atom is 0.279 e. The number of nitrogens with one attached hydrogen (secondary N) is 1. The number of hydrogen-bond donors (Lipinski definition) is 1. The Kier molecular flexibility index (Phi) is 3.39. The molecule has 1 N–H and O–H groups in total. The van der Waals surface area contributed by atoms with E-state index < -0.39 is 0 Å². The van der Waals surface area contributed by atoms with Gasteiger partial charge in [0.2, 0.25) is 0 Å². The van der Waals surface area contributed by atoms with Crippen molar-refractivity contribution in [2.45, 2.75) is 0 Å². The van der Waals surface area contributed by atoms with E-state index >= 15 is 0 Å². The quantitative estimate of drug-likeness (QED) is 0.492. The van der Waals surface area contributed by atoms with Gasteiger partial charge >= 0.3 is 0 Å². The lowest BCUT2D eigenvalue weighted by molar-refractivity contribution is 0.262. The van der Waals surface area contributed by atoms with E-state index in [9.17, 15) is 4.79 Å². The summed E-state index contributed by atoms with van der Waals surface area (Å²) in [6.07, 6.45) is 0. The van der Waals surface area contributed by atoms with Crippen molar-refractivity contribution in [1.29, 1.82) is 0 Å². The first-order valence-corrected chi connectivity index (χ1v) is 2.79. The van der Waals surface area contributed by atoms with E-state index in [1.807, 2.05) is 0 Å². The predicted octanol–water partition coefficient (Wildman–Crippen LogP) is 0.501. The molecule has 0 aromatic heterocycles. The fraction of sp³-hybridized carbons (Fsp3) is 0.667. The Morgan fingerprint density at radius 2 is 2.43 bits per heavy atom. The summed E-state index contributed by atoms with van der Waals surface area (Å²) >= 11 is 1.35. The molecule has 4 heteroatoms. The van der Waals surface area contributed by atoms with Gasteiger partial charge in [-0.25, -0.2) is 0 Å². The standard InChI is InChI=1S/C3H5NOS.H3P/c5-3-4-1-2-6-3;/h1-2H2,(H,4,5);1H3. The van der Waals surface area contributed by atoms with Crippen LogP contribution in [0.25, 0.3) is 0 Å². The van der Waals surface area contributed by atoms with Gasteiger partial charge in [-0.2, -0.15) is 9.90 Å². The molecule has 7 heavy (non-hydrogen) atoms. The fourth-order valence-electron chi connectivity index (χ4n) is 0.348.